The zero-order valence-electron chi connectivity index (χ0n) is 16.1. The van der Waals surface area contributed by atoms with Crippen molar-refractivity contribution in [2.24, 2.45) is 5.41 Å². The van der Waals surface area contributed by atoms with Gasteiger partial charge in [0, 0.05) is 12.8 Å². The molecule has 3 aliphatic rings. The Balaban J connectivity index is 1.78. The second kappa shape index (κ2) is 8.26. The minimum absolute atomic E-state index is 0.0981. The van der Waals surface area contributed by atoms with Crippen LogP contribution in [0.25, 0.3) is 0 Å². The lowest BCUT2D eigenvalue weighted by molar-refractivity contribution is -0.271. The lowest BCUT2D eigenvalue weighted by Gasteiger charge is -2.48. The monoisotopic (exact) mass is 368 g/mol. The number of esters is 2. The van der Waals surface area contributed by atoms with Crippen LogP contribution in [0.15, 0.2) is 0 Å². The Morgan fingerprint density at radius 3 is 2.19 bits per heavy atom. The molecule has 6 nitrogen and oxygen atoms in total. The second-order valence-corrected chi connectivity index (χ2v) is 7.91. The molecule has 2 aliphatic carbocycles. The molecule has 0 radical (unpaired) electrons. The average molecular weight is 368 g/mol. The van der Waals surface area contributed by atoms with E-state index in [1.807, 2.05) is 0 Å². The Morgan fingerprint density at radius 1 is 0.923 bits per heavy atom. The quantitative estimate of drug-likeness (QED) is 0.528. The first-order chi connectivity index (χ1) is 12.6. The number of methoxy groups -OCH3 is 2. The smallest absolute Gasteiger partial charge is 0.317 e. The normalized spacial score (nSPS) is 32.8. The van der Waals surface area contributed by atoms with Crippen LogP contribution < -0.4 is 0 Å². The van der Waals surface area contributed by atoms with Gasteiger partial charge in [0.2, 0.25) is 0 Å². The van der Waals surface area contributed by atoms with Crippen molar-refractivity contribution >= 4 is 11.9 Å². The predicted molar refractivity (Wildman–Crippen MR) is 94.3 cm³/mol. The fraction of sp³-hybridized carbons (Fsp3) is 0.900. The van der Waals surface area contributed by atoms with Crippen LogP contribution in [0.3, 0.4) is 0 Å². The molecule has 0 bridgehead atoms. The molecular formula is C20H32O6. The molecule has 148 valence electrons. The van der Waals surface area contributed by atoms with Gasteiger partial charge in [-0.3, -0.25) is 9.59 Å². The van der Waals surface area contributed by atoms with Crippen LogP contribution in [0, 0.1) is 5.41 Å². The predicted octanol–water partition coefficient (Wildman–Crippen LogP) is 3.51. The Labute approximate surface area is 155 Å². The summed E-state index contributed by atoms with van der Waals surface area (Å²) in [4.78, 5) is 24.4. The van der Waals surface area contributed by atoms with Crippen LogP contribution in [0.1, 0.15) is 77.0 Å². The largest absolute Gasteiger partial charge is 0.469 e. The highest BCUT2D eigenvalue weighted by Crippen LogP contribution is 2.56. The first-order valence-electron chi connectivity index (χ1n) is 10.1. The standard InChI is InChI=1S/C20H32O6/c1-23-17(21)11-5-6-12-19(18(22)24-2)13-7-8-14-20(19)25-15-9-3-4-10-16(15)26-20/h15-16H,3-14H2,1-2H3/t15-,16-,19+/m0/s1. The van der Waals surface area contributed by atoms with Gasteiger partial charge in [-0.15, -0.1) is 0 Å². The van der Waals surface area contributed by atoms with E-state index in [2.05, 4.69) is 0 Å². The van der Waals surface area contributed by atoms with Crippen molar-refractivity contribution < 1.29 is 28.5 Å². The Bertz CT molecular complexity index is 504. The van der Waals surface area contributed by atoms with Crippen molar-refractivity contribution in [2.75, 3.05) is 14.2 Å². The van der Waals surface area contributed by atoms with E-state index in [1.54, 1.807) is 0 Å². The molecule has 0 aromatic heterocycles. The number of fused-ring (bicyclic) bond motifs is 1. The van der Waals surface area contributed by atoms with Gasteiger partial charge >= 0.3 is 11.9 Å². The van der Waals surface area contributed by atoms with Crippen molar-refractivity contribution in [3.05, 3.63) is 0 Å². The minimum atomic E-state index is -0.858. The molecule has 0 unspecified atom stereocenters. The summed E-state index contributed by atoms with van der Waals surface area (Å²) >= 11 is 0. The summed E-state index contributed by atoms with van der Waals surface area (Å²) in [6.07, 6.45) is 10.4. The number of carbonyl (C=O) groups excluding carboxylic acids is 2. The molecular weight excluding hydrogens is 336 g/mol. The average Bonchev–Trinajstić information content (AvgIpc) is 3.04. The van der Waals surface area contributed by atoms with Gasteiger partial charge in [0.05, 0.1) is 26.4 Å². The lowest BCUT2D eigenvalue weighted by atomic mass is 9.66. The zero-order valence-corrected chi connectivity index (χ0v) is 16.1. The van der Waals surface area contributed by atoms with Crippen molar-refractivity contribution in [3.63, 3.8) is 0 Å². The maximum Gasteiger partial charge on any atom is 0.317 e. The molecule has 3 fully saturated rings. The van der Waals surface area contributed by atoms with Gasteiger partial charge in [-0.1, -0.05) is 25.7 Å². The summed E-state index contributed by atoms with van der Waals surface area (Å²) < 4.78 is 23.0. The number of hydrogen-bond donors (Lipinski definition) is 0. The van der Waals surface area contributed by atoms with Crippen LogP contribution in [0.5, 0.6) is 0 Å². The zero-order chi connectivity index (χ0) is 18.6. The Hall–Kier alpha value is -1.14. The van der Waals surface area contributed by atoms with Gasteiger partial charge in [0.15, 0.2) is 5.79 Å². The maximum absolute atomic E-state index is 13.0. The van der Waals surface area contributed by atoms with E-state index < -0.39 is 11.2 Å². The van der Waals surface area contributed by atoms with E-state index in [0.29, 0.717) is 19.3 Å². The molecule has 1 aliphatic heterocycles. The van der Waals surface area contributed by atoms with Gasteiger partial charge in [0.1, 0.15) is 5.41 Å². The third-order valence-electron chi connectivity index (χ3n) is 6.45. The highest BCUT2D eigenvalue weighted by molar-refractivity contribution is 5.78. The number of ether oxygens (including phenoxy) is 4. The van der Waals surface area contributed by atoms with Crippen LogP contribution in [0.4, 0.5) is 0 Å². The third kappa shape index (κ3) is 3.50. The Morgan fingerprint density at radius 2 is 1.58 bits per heavy atom. The fourth-order valence-corrected chi connectivity index (χ4v) is 5.08. The first kappa shape index (κ1) is 19.6. The summed E-state index contributed by atoms with van der Waals surface area (Å²) in [6, 6.07) is 0. The summed E-state index contributed by atoms with van der Waals surface area (Å²) in [5.74, 6) is -1.30. The molecule has 6 heteroatoms. The van der Waals surface area contributed by atoms with Gasteiger partial charge < -0.3 is 18.9 Å². The van der Waals surface area contributed by atoms with E-state index in [1.165, 1.54) is 14.2 Å². The molecule has 2 saturated carbocycles. The molecule has 3 atom stereocenters. The highest BCUT2D eigenvalue weighted by Gasteiger charge is 2.65. The van der Waals surface area contributed by atoms with Crippen molar-refractivity contribution in [1.29, 1.82) is 0 Å². The lowest BCUT2D eigenvalue weighted by Crippen LogP contribution is -2.57. The molecule has 0 aromatic carbocycles. The molecule has 1 heterocycles. The van der Waals surface area contributed by atoms with Gasteiger partial charge in [0.25, 0.3) is 0 Å². The number of carbonyl (C=O) groups is 2. The SMILES string of the molecule is COC(=O)CCCC[C@]1(C(=O)OC)CCCCC12O[C@H]1CCCC[C@@H]1O2. The van der Waals surface area contributed by atoms with Gasteiger partial charge in [-0.25, -0.2) is 0 Å². The van der Waals surface area contributed by atoms with Crippen LogP contribution in [-0.2, 0) is 28.5 Å². The molecule has 1 spiro atoms. The van der Waals surface area contributed by atoms with E-state index in [4.69, 9.17) is 18.9 Å². The molecule has 0 amide bonds. The van der Waals surface area contributed by atoms with Crippen molar-refractivity contribution in [2.45, 2.75) is 95.0 Å². The maximum atomic E-state index is 13.0. The third-order valence-corrected chi connectivity index (χ3v) is 6.45. The Kier molecular flexibility index (Phi) is 6.23. The second-order valence-electron chi connectivity index (χ2n) is 7.91. The molecule has 0 N–H and O–H groups in total. The van der Waals surface area contributed by atoms with E-state index in [-0.39, 0.29) is 24.1 Å². The highest BCUT2D eigenvalue weighted by atomic mass is 16.8. The molecule has 3 rings (SSSR count). The first-order valence-corrected chi connectivity index (χ1v) is 10.1. The number of rotatable bonds is 6. The summed E-state index contributed by atoms with van der Waals surface area (Å²) in [5, 5.41) is 0. The van der Waals surface area contributed by atoms with E-state index in [0.717, 1.165) is 57.8 Å². The van der Waals surface area contributed by atoms with Crippen LogP contribution in [-0.4, -0.2) is 44.2 Å². The number of hydrogen-bond acceptors (Lipinski definition) is 6. The summed E-state index contributed by atoms with van der Waals surface area (Å²) in [6.45, 7) is 0. The van der Waals surface area contributed by atoms with Gasteiger partial charge in [-0.05, 0) is 38.5 Å². The van der Waals surface area contributed by atoms with E-state index >= 15 is 0 Å². The van der Waals surface area contributed by atoms with Crippen molar-refractivity contribution in [3.8, 4) is 0 Å². The van der Waals surface area contributed by atoms with Crippen LogP contribution >= 0.6 is 0 Å². The molecule has 0 aromatic rings. The molecule has 1 saturated heterocycles. The number of unbranched alkanes of at least 4 members (excludes halogenated alkanes) is 1. The van der Waals surface area contributed by atoms with Crippen LogP contribution in [0.2, 0.25) is 0 Å². The minimum Gasteiger partial charge on any atom is -0.469 e. The molecule has 26 heavy (non-hydrogen) atoms. The summed E-state index contributed by atoms with van der Waals surface area (Å²) in [5.41, 5.74) is -0.770. The summed E-state index contributed by atoms with van der Waals surface area (Å²) in [7, 11) is 2.85. The van der Waals surface area contributed by atoms with Gasteiger partial charge in [-0.2, -0.15) is 0 Å². The fourth-order valence-electron chi connectivity index (χ4n) is 5.08. The van der Waals surface area contributed by atoms with E-state index in [9.17, 15) is 9.59 Å². The van der Waals surface area contributed by atoms with Crippen molar-refractivity contribution in [1.82, 2.24) is 0 Å². The topological polar surface area (TPSA) is 71.1 Å².